The number of amides is 1. The van der Waals surface area contributed by atoms with Gasteiger partial charge in [-0.25, -0.2) is 9.59 Å². The first-order valence-electron chi connectivity index (χ1n) is 8.98. The average molecular weight is 395 g/mol. The van der Waals surface area contributed by atoms with Crippen LogP contribution in [0.15, 0.2) is 63.8 Å². The van der Waals surface area contributed by atoms with Crippen molar-refractivity contribution in [1.29, 1.82) is 0 Å². The molecule has 0 radical (unpaired) electrons. The van der Waals surface area contributed by atoms with Crippen molar-refractivity contribution in [2.75, 3.05) is 20.7 Å². The molecular formula is C22H21NO6. The molecule has 1 heterocycles. The van der Waals surface area contributed by atoms with Crippen LogP contribution in [0.5, 0.6) is 5.75 Å². The van der Waals surface area contributed by atoms with E-state index in [1.54, 1.807) is 50.5 Å². The van der Waals surface area contributed by atoms with E-state index < -0.39 is 24.3 Å². The summed E-state index contributed by atoms with van der Waals surface area (Å²) in [6, 6.07) is 15.1. The van der Waals surface area contributed by atoms with E-state index in [1.807, 2.05) is 13.0 Å². The number of hydrogen-bond acceptors (Lipinski definition) is 6. The van der Waals surface area contributed by atoms with Crippen molar-refractivity contribution in [3.8, 4) is 5.75 Å². The van der Waals surface area contributed by atoms with Crippen molar-refractivity contribution in [2.24, 2.45) is 0 Å². The van der Waals surface area contributed by atoms with E-state index in [4.69, 9.17) is 13.9 Å². The van der Waals surface area contributed by atoms with Crippen molar-refractivity contribution in [1.82, 2.24) is 4.90 Å². The second-order valence-electron chi connectivity index (χ2n) is 6.71. The fraction of sp³-hybridized carbons (Fsp3) is 0.227. The van der Waals surface area contributed by atoms with E-state index >= 15 is 0 Å². The minimum absolute atomic E-state index is 0.346. The third-order valence-corrected chi connectivity index (χ3v) is 4.30. The molecule has 0 saturated carbocycles. The minimum Gasteiger partial charge on any atom is -0.482 e. The van der Waals surface area contributed by atoms with Gasteiger partial charge in [-0.2, -0.15) is 0 Å². The molecule has 0 saturated heterocycles. The molecule has 29 heavy (non-hydrogen) atoms. The number of fused-ring (bicyclic) bond motifs is 1. The van der Waals surface area contributed by atoms with Gasteiger partial charge in [-0.3, -0.25) is 4.79 Å². The third kappa shape index (κ3) is 4.82. The van der Waals surface area contributed by atoms with Crippen molar-refractivity contribution < 1.29 is 23.5 Å². The van der Waals surface area contributed by atoms with E-state index in [1.165, 1.54) is 17.0 Å². The number of benzene rings is 2. The highest BCUT2D eigenvalue weighted by atomic mass is 16.6. The second kappa shape index (κ2) is 8.60. The Labute approximate surface area is 167 Å². The summed E-state index contributed by atoms with van der Waals surface area (Å²) >= 11 is 0. The van der Waals surface area contributed by atoms with E-state index in [2.05, 4.69) is 0 Å². The van der Waals surface area contributed by atoms with Gasteiger partial charge in [0.2, 0.25) is 6.10 Å². The van der Waals surface area contributed by atoms with E-state index in [0.717, 1.165) is 10.9 Å². The molecule has 3 aromatic rings. The minimum atomic E-state index is -1.06. The standard InChI is InChI=1S/C22H21NO6/c1-14-11-19(24)28-18-12-16(9-10-17(14)18)27-13-20(25)29-21(22(26)23(2)3)15-7-5-4-6-8-15/h4-12,21H,13H2,1-3H3/t21-/m1/s1. The molecule has 0 aliphatic carbocycles. The monoisotopic (exact) mass is 395 g/mol. The van der Waals surface area contributed by atoms with Gasteiger partial charge in [0.25, 0.3) is 5.91 Å². The highest BCUT2D eigenvalue weighted by Crippen LogP contribution is 2.23. The fourth-order valence-electron chi connectivity index (χ4n) is 2.83. The lowest BCUT2D eigenvalue weighted by Crippen LogP contribution is -2.32. The topological polar surface area (TPSA) is 86.0 Å². The predicted molar refractivity (Wildman–Crippen MR) is 107 cm³/mol. The molecule has 3 rings (SSSR count). The van der Waals surface area contributed by atoms with Gasteiger partial charge in [0, 0.05) is 37.2 Å². The van der Waals surface area contributed by atoms with Crippen molar-refractivity contribution >= 4 is 22.8 Å². The Morgan fingerprint density at radius 1 is 1.07 bits per heavy atom. The molecule has 0 bridgehead atoms. The van der Waals surface area contributed by atoms with Crippen LogP contribution in [0.25, 0.3) is 11.0 Å². The SMILES string of the molecule is Cc1cc(=O)oc2cc(OCC(=O)O[C@@H](C(=O)N(C)C)c3ccccc3)ccc12. The van der Waals surface area contributed by atoms with Crippen molar-refractivity contribution in [3.63, 3.8) is 0 Å². The molecule has 1 aromatic heterocycles. The van der Waals surface area contributed by atoms with Gasteiger partial charge < -0.3 is 18.8 Å². The third-order valence-electron chi connectivity index (χ3n) is 4.30. The lowest BCUT2D eigenvalue weighted by molar-refractivity contribution is -0.161. The first-order valence-corrected chi connectivity index (χ1v) is 8.98. The van der Waals surface area contributed by atoms with Gasteiger partial charge in [0.1, 0.15) is 11.3 Å². The summed E-state index contributed by atoms with van der Waals surface area (Å²) in [6.45, 7) is 1.41. The maximum Gasteiger partial charge on any atom is 0.345 e. The summed E-state index contributed by atoms with van der Waals surface area (Å²) in [5.74, 6) is -0.703. The van der Waals surface area contributed by atoms with Gasteiger partial charge in [0.15, 0.2) is 6.61 Å². The molecule has 2 aromatic carbocycles. The Balaban J connectivity index is 1.71. The fourth-order valence-corrected chi connectivity index (χ4v) is 2.83. The van der Waals surface area contributed by atoms with E-state index in [0.29, 0.717) is 16.9 Å². The maximum atomic E-state index is 12.4. The number of rotatable bonds is 6. The summed E-state index contributed by atoms with van der Waals surface area (Å²) in [6.07, 6.45) is -1.06. The molecule has 0 unspecified atom stereocenters. The van der Waals surface area contributed by atoms with Crippen LogP contribution >= 0.6 is 0 Å². The van der Waals surface area contributed by atoms with Gasteiger partial charge in [-0.1, -0.05) is 30.3 Å². The molecule has 150 valence electrons. The van der Waals surface area contributed by atoms with Gasteiger partial charge in [0.05, 0.1) is 0 Å². The van der Waals surface area contributed by atoms with Gasteiger partial charge in [-0.15, -0.1) is 0 Å². The first-order chi connectivity index (χ1) is 13.8. The van der Waals surface area contributed by atoms with Crippen LogP contribution in [-0.4, -0.2) is 37.5 Å². The Morgan fingerprint density at radius 2 is 1.79 bits per heavy atom. The van der Waals surface area contributed by atoms with Crippen LogP contribution in [0.2, 0.25) is 0 Å². The summed E-state index contributed by atoms with van der Waals surface area (Å²) < 4.78 is 16.0. The van der Waals surface area contributed by atoms with Crippen LogP contribution in [0.3, 0.4) is 0 Å². The Bertz CT molecular complexity index is 1090. The molecule has 1 atom stereocenters. The number of nitrogens with zero attached hydrogens (tertiary/aromatic N) is 1. The largest absolute Gasteiger partial charge is 0.482 e. The Morgan fingerprint density at radius 3 is 2.48 bits per heavy atom. The summed E-state index contributed by atoms with van der Waals surface area (Å²) in [7, 11) is 3.18. The zero-order valence-corrected chi connectivity index (χ0v) is 16.4. The quantitative estimate of drug-likeness (QED) is 0.471. The summed E-state index contributed by atoms with van der Waals surface area (Å²) in [5, 5.41) is 0.778. The molecule has 0 aliphatic heterocycles. The number of aryl methyl sites for hydroxylation is 1. The summed E-state index contributed by atoms with van der Waals surface area (Å²) in [5.41, 5.74) is 1.27. The second-order valence-corrected chi connectivity index (χ2v) is 6.71. The first kappa shape index (κ1) is 20.1. The lowest BCUT2D eigenvalue weighted by atomic mass is 10.1. The molecular weight excluding hydrogens is 374 g/mol. The van der Waals surface area contributed by atoms with E-state index in [-0.39, 0.29) is 5.91 Å². The zero-order chi connectivity index (χ0) is 21.0. The van der Waals surface area contributed by atoms with Gasteiger partial charge >= 0.3 is 11.6 Å². The number of carbonyl (C=O) groups is 2. The molecule has 0 aliphatic rings. The highest BCUT2D eigenvalue weighted by Gasteiger charge is 2.26. The highest BCUT2D eigenvalue weighted by molar-refractivity contribution is 5.85. The summed E-state index contributed by atoms with van der Waals surface area (Å²) in [4.78, 5) is 37.6. The smallest absolute Gasteiger partial charge is 0.345 e. The molecule has 1 amide bonds. The van der Waals surface area contributed by atoms with Crippen LogP contribution in [0.4, 0.5) is 0 Å². The molecule has 7 heteroatoms. The molecule has 0 N–H and O–H groups in total. The van der Waals surface area contributed by atoms with Crippen molar-refractivity contribution in [3.05, 3.63) is 76.1 Å². The molecule has 7 nitrogen and oxygen atoms in total. The molecule has 0 fully saturated rings. The van der Waals surface area contributed by atoms with Crippen LogP contribution in [-0.2, 0) is 14.3 Å². The van der Waals surface area contributed by atoms with Gasteiger partial charge in [-0.05, 0) is 24.6 Å². The van der Waals surface area contributed by atoms with Crippen LogP contribution in [0, 0.1) is 6.92 Å². The van der Waals surface area contributed by atoms with Crippen LogP contribution in [0.1, 0.15) is 17.2 Å². The zero-order valence-electron chi connectivity index (χ0n) is 16.4. The number of ether oxygens (including phenoxy) is 2. The maximum absolute atomic E-state index is 12.4. The average Bonchev–Trinajstić information content (AvgIpc) is 2.70. The number of esters is 1. The number of hydrogen-bond donors (Lipinski definition) is 0. The molecule has 0 spiro atoms. The predicted octanol–water partition coefficient (Wildman–Crippen LogP) is 2.85. The van der Waals surface area contributed by atoms with E-state index in [9.17, 15) is 14.4 Å². The number of likely N-dealkylation sites (N-methyl/N-ethyl adjacent to an activating group) is 1. The Kier molecular flexibility index (Phi) is 5.97. The van der Waals surface area contributed by atoms with Crippen LogP contribution < -0.4 is 10.4 Å². The Hall–Kier alpha value is -3.61. The lowest BCUT2D eigenvalue weighted by Gasteiger charge is -2.21. The normalized spacial score (nSPS) is 11.7. The van der Waals surface area contributed by atoms with Crippen molar-refractivity contribution in [2.45, 2.75) is 13.0 Å². The number of carbonyl (C=O) groups excluding carboxylic acids is 2.